The molecule has 2 saturated heterocycles. The molecule has 0 radical (unpaired) electrons. The lowest BCUT2D eigenvalue weighted by Gasteiger charge is -2.32. The molecule has 164 valence electrons. The molecule has 3 aromatic rings. The number of benzene rings is 2. The van der Waals surface area contributed by atoms with Crippen molar-refractivity contribution in [3.63, 3.8) is 0 Å². The molecule has 1 aromatic heterocycles. The second-order valence-corrected chi connectivity index (χ2v) is 8.68. The van der Waals surface area contributed by atoms with E-state index in [-0.39, 0.29) is 30.1 Å². The zero-order valence-corrected chi connectivity index (χ0v) is 18.1. The van der Waals surface area contributed by atoms with Crippen LogP contribution in [0.2, 0.25) is 0 Å². The van der Waals surface area contributed by atoms with Gasteiger partial charge in [-0.25, -0.2) is 0 Å². The first-order valence-corrected chi connectivity index (χ1v) is 11.1. The molecule has 2 atom stereocenters. The fourth-order valence-corrected chi connectivity index (χ4v) is 4.58. The third-order valence-electron chi connectivity index (χ3n) is 6.36. The highest BCUT2D eigenvalue weighted by Crippen LogP contribution is 2.31. The average Bonchev–Trinajstić information content (AvgIpc) is 3.47. The van der Waals surface area contributed by atoms with Crippen LogP contribution in [0, 0.1) is 12.8 Å². The molecule has 3 heterocycles. The SMILES string of the molecule is Cc1ccc(N2CC(C(=O)N3CCCC(c4nnc(-c5ccccc5)o4)C3)CC2=O)cc1. The number of amides is 2. The fourth-order valence-electron chi connectivity index (χ4n) is 4.58. The fraction of sp³-hybridized carbons (Fsp3) is 0.360. The van der Waals surface area contributed by atoms with Gasteiger partial charge in [0.25, 0.3) is 0 Å². The molecular weight excluding hydrogens is 404 g/mol. The number of piperidine rings is 1. The second kappa shape index (κ2) is 8.57. The number of hydrogen-bond acceptors (Lipinski definition) is 5. The summed E-state index contributed by atoms with van der Waals surface area (Å²) in [5.74, 6) is 0.822. The summed E-state index contributed by atoms with van der Waals surface area (Å²) in [6.07, 6.45) is 2.04. The first-order chi connectivity index (χ1) is 15.6. The van der Waals surface area contributed by atoms with Gasteiger partial charge in [0.2, 0.25) is 23.6 Å². The van der Waals surface area contributed by atoms with Crippen molar-refractivity contribution in [3.05, 3.63) is 66.1 Å². The smallest absolute Gasteiger partial charge is 0.247 e. The molecule has 0 saturated carbocycles. The van der Waals surface area contributed by atoms with Crippen molar-refractivity contribution in [1.82, 2.24) is 15.1 Å². The number of nitrogens with zero attached hydrogens (tertiary/aromatic N) is 4. The monoisotopic (exact) mass is 430 g/mol. The Bertz CT molecular complexity index is 1110. The third kappa shape index (κ3) is 4.02. The number of likely N-dealkylation sites (tertiary alicyclic amines) is 1. The van der Waals surface area contributed by atoms with Gasteiger partial charge in [0.1, 0.15) is 0 Å². The van der Waals surface area contributed by atoms with Crippen LogP contribution in [0.15, 0.2) is 59.0 Å². The molecule has 2 aromatic carbocycles. The number of carbonyl (C=O) groups is 2. The predicted octanol–water partition coefficient (Wildman–Crippen LogP) is 3.80. The van der Waals surface area contributed by atoms with Gasteiger partial charge in [0, 0.05) is 37.3 Å². The van der Waals surface area contributed by atoms with Crippen LogP contribution in [0.3, 0.4) is 0 Å². The maximum Gasteiger partial charge on any atom is 0.247 e. The molecular formula is C25H26N4O3. The number of anilines is 1. The van der Waals surface area contributed by atoms with E-state index in [9.17, 15) is 9.59 Å². The van der Waals surface area contributed by atoms with E-state index in [4.69, 9.17) is 4.42 Å². The molecule has 0 N–H and O–H groups in total. The van der Waals surface area contributed by atoms with Crippen LogP contribution < -0.4 is 4.90 Å². The maximum absolute atomic E-state index is 13.3. The van der Waals surface area contributed by atoms with Gasteiger partial charge >= 0.3 is 0 Å². The number of aryl methyl sites for hydroxylation is 1. The Morgan fingerprint density at radius 2 is 1.81 bits per heavy atom. The molecule has 2 aliphatic heterocycles. The van der Waals surface area contributed by atoms with Crippen molar-refractivity contribution in [2.45, 2.75) is 32.1 Å². The van der Waals surface area contributed by atoms with Crippen LogP contribution in [0.25, 0.3) is 11.5 Å². The summed E-state index contributed by atoms with van der Waals surface area (Å²) in [5.41, 5.74) is 2.88. The van der Waals surface area contributed by atoms with Gasteiger partial charge in [-0.3, -0.25) is 9.59 Å². The first kappa shape index (κ1) is 20.4. The zero-order valence-electron chi connectivity index (χ0n) is 18.1. The predicted molar refractivity (Wildman–Crippen MR) is 120 cm³/mol. The quantitative estimate of drug-likeness (QED) is 0.629. The summed E-state index contributed by atoms with van der Waals surface area (Å²) < 4.78 is 5.94. The second-order valence-electron chi connectivity index (χ2n) is 8.68. The summed E-state index contributed by atoms with van der Waals surface area (Å²) in [4.78, 5) is 29.5. The molecule has 7 nitrogen and oxygen atoms in total. The van der Waals surface area contributed by atoms with Gasteiger partial charge in [0.05, 0.1) is 11.8 Å². The highest BCUT2D eigenvalue weighted by Gasteiger charge is 2.39. The Kier molecular flexibility index (Phi) is 5.47. The van der Waals surface area contributed by atoms with Crippen LogP contribution in [0.5, 0.6) is 0 Å². The van der Waals surface area contributed by atoms with Crippen LogP contribution in [-0.2, 0) is 9.59 Å². The van der Waals surface area contributed by atoms with Crippen molar-refractivity contribution < 1.29 is 14.0 Å². The minimum absolute atomic E-state index is 0.00478. The molecule has 0 spiro atoms. The third-order valence-corrected chi connectivity index (χ3v) is 6.36. The normalized spacial score (nSPS) is 21.2. The molecule has 2 amide bonds. The van der Waals surface area contributed by atoms with Crippen LogP contribution >= 0.6 is 0 Å². The molecule has 0 aliphatic carbocycles. The Morgan fingerprint density at radius 3 is 2.59 bits per heavy atom. The van der Waals surface area contributed by atoms with E-state index in [2.05, 4.69) is 10.2 Å². The Morgan fingerprint density at radius 1 is 1.03 bits per heavy atom. The van der Waals surface area contributed by atoms with Gasteiger partial charge in [-0.05, 0) is 44.0 Å². The lowest BCUT2D eigenvalue weighted by atomic mass is 9.96. The number of rotatable bonds is 4. The average molecular weight is 431 g/mol. The van der Waals surface area contributed by atoms with E-state index in [0.29, 0.717) is 31.4 Å². The van der Waals surface area contributed by atoms with Crippen molar-refractivity contribution in [2.75, 3.05) is 24.5 Å². The number of hydrogen-bond donors (Lipinski definition) is 0. The van der Waals surface area contributed by atoms with Crippen LogP contribution in [0.4, 0.5) is 5.69 Å². The van der Waals surface area contributed by atoms with Gasteiger partial charge in [-0.15, -0.1) is 10.2 Å². The lowest BCUT2D eigenvalue weighted by molar-refractivity contribution is -0.137. The van der Waals surface area contributed by atoms with E-state index < -0.39 is 0 Å². The molecule has 2 aliphatic rings. The number of carbonyl (C=O) groups excluding carboxylic acids is 2. The maximum atomic E-state index is 13.3. The summed E-state index contributed by atoms with van der Waals surface area (Å²) in [7, 11) is 0. The highest BCUT2D eigenvalue weighted by atomic mass is 16.4. The van der Waals surface area contributed by atoms with Crippen LogP contribution in [-0.4, -0.2) is 46.5 Å². The summed E-state index contributed by atoms with van der Waals surface area (Å²) in [6, 6.07) is 17.5. The summed E-state index contributed by atoms with van der Waals surface area (Å²) >= 11 is 0. The van der Waals surface area contributed by atoms with Gasteiger partial charge in [0.15, 0.2) is 0 Å². The van der Waals surface area contributed by atoms with Crippen molar-refractivity contribution in [2.24, 2.45) is 5.92 Å². The largest absolute Gasteiger partial charge is 0.420 e. The molecule has 5 rings (SSSR count). The van der Waals surface area contributed by atoms with E-state index in [1.54, 1.807) is 4.90 Å². The summed E-state index contributed by atoms with van der Waals surface area (Å²) in [6.45, 7) is 3.69. The van der Waals surface area contributed by atoms with Crippen molar-refractivity contribution >= 4 is 17.5 Å². The van der Waals surface area contributed by atoms with E-state index in [1.165, 1.54) is 0 Å². The zero-order chi connectivity index (χ0) is 22.1. The van der Waals surface area contributed by atoms with Crippen molar-refractivity contribution in [3.8, 4) is 11.5 Å². The minimum atomic E-state index is -0.315. The van der Waals surface area contributed by atoms with E-state index >= 15 is 0 Å². The molecule has 7 heteroatoms. The first-order valence-electron chi connectivity index (χ1n) is 11.1. The Hall–Kier alpha value is -3.48. The standard InChI is InChI=1S/C25H26N4O3/c1-17-9-11-21(12-10-17)29-16-20(14-22(29)30)25(31)28-13-5-8-19(15-28)24-27-26-23(32-24)18-6-3-2-4-7-18/h2-4,6-7,9-12,19-20H,5,8,13-16H2,1H3. The number of aromatic nitrogens is 2. The molecule has 32 heavy (non-hydrogen) atoms. The Balaban J connectivity index is 1.26. The van der Waals surface area contributed by atoms with E-state index in [1.807, 2.05) is 66.4 Å². The van der Waals surface area contributed by atoms with Gasteiger partial charge in [-0.1, -0.05) is 35.9 Å². The highest BCUT2D eigenvalue weighted by molar-refractivity contribution is 6.00. The minimum Gasteiger partial charge on any atom is -0.420 e. The molecule has 2 fully saturated rings. The van der Waals surface area contributed by atoms with Crippen molar-refractivity contribution in [1.29, 1.82) is 0 Å². The van der Waals surface area contributed by atoms with Gasteiger partial charge in [-0.2, -0.15) is 0 Å². The Labute approximate surface area is 187 Å². The molecule has 0 bridgehead atoms. The van der Waals surface area contributed by atoms with E-state index in [0.717, 1.165) is 29.7 Å². The lowest BCUT2D eigenvalue weighted by Crippen LogP contribution is -2.43. The van der Waals surface area contributed by atoms with Gasteiger partial charge < -0.3 is 14.2 Å². The molecule has 2 unspecified atom stereocenters. The van der Waals surface area contributed by atoms with Crippen LogP contribution in [0.1, 0.15) is 36.6 Å². The summed E-state index contributed by atoms with van der Waals surface area (Å²) in [5, 5.41) is 8.46. The topological polar surface area (TPSA) is 79.5 Å².